The van der Waals surface area contributed by atoms with Gasteiger partial charge in [-0.25, -0.2) is 4.98 Å². The maximum absolute atomic E-state index is 12.4. The Morgan fingerprint density at radius 3 is 2.74 bits per heavy atom. The molecule has 1 aliphatic heterocycles. The molecule has 0 spiro atoms. The Kier molecular flexibility index (Phi) is 7.04. The minimum atomic E-state index is -0.132. The standard InChI is InChI=1S/C21H27N3O3/c1-26-12-13-27-19-7-5-6-18(14-19)21(25)23-16-17-8-9-20(22-15-17)24-10-3-2-4-11-24/h5-9,14-15H,2-4,10-13,16H2,1H3,(H,23,25). The normalized spacial score (nSPS) is 14.0. The summed E-state index contributed by atoms with van der Waals surface area (Å²) in [7, 11) is 1.63. The molecular weight excluding hydrogens is 342 g/mol. The monoisotopic (exact) mass is 369 g/mol. The Balaban J connectivity index is 1.52. The fourth-order valence-electron chi connectivity index (χ4n) is 3.09. The molecule has 2 aromatic rings. The minimum absolute atomic E-state index is 0.132. The van der Waals surface area contributed by atoms with E-state index in [4.69, 9.17) is 9.47 Å². The number of aromatic nitrogens is 1. The van der Waals surface area contributed by atoms with Gasteiger partial charge in [0.25, 0.3) is 5.91 Å². The lowest BCUT2D eigenvalue weighted by Gasteiger charge is -2.27. The first-order valence-corrected chi connectivity index (χ1v) is 9.46. The molecule has 0 bridgehead atoms. The fourth-order valence-corrected chi connectivity index (χ4v) is 3.09. The Labute approximate surface area is 160 Å². The van der Waals surface area contributed by atoms with Crippen LogP contribution in [0.5, 0.6) is 5.75 Å². The Morgan fingerprint density at radius 2 is 2.00 bits per heavy atom. The molecule has 1 saturated heterocycles. The van der Waals surface area contributed by atoms with Gasteiger partial charge >= 0.3 is 0 Å². The van der Waals surface area contributed by atoms with E-state index in [1.165, 1.54) is 19.3 Å². The molecule has 1 aromatic heterocycles. The summed E-state index contributed by atoms with van der Waals surface area (Å²) in [5.74, 6) is 1.55. The van der Waals surface area contributed by atoms with E-state index in [2.05, 4.69) is 15.2 Å². The van der Waals surface area contributed by atoms with Crippen LogP contribution in [0.25, 0.3) is 0 Å². The number of ether oxygens (including phenoxy) is 2. The van der Waals surface area contributed by atoms with Crippen LogP contribution in [0, 0.1) is 0 Å². The topological polar surface area (TPSA) is 63.7 Å². The summed E-state index contributed by atoms with van der Waals surface area (Å²) in [6.45, 7) is 3.56. The van der Waals surface area contributed by atoms with Crippen LogP contribution >= 0.6 is 0 Å². The molecule has 0 radical (unpaired) electrons. The van der Waals surface area contributed by atoms with E-state index in [1.54, 1.807) is 19.2 Å². The number of amides is 1. The van der Waals surface area contributed by atoms with Crippen molar-refractivity contribution in [2.75, 3.05) is 38.3 Å². The predicted octanol–water partition coefficient (Wildman–Crippen LogP) is 3.03. The average Bonchev–Trinajstić information content (AvgIpc) is 2.73. The number of nitrogens with zero attached hydrogens (tertiary/aromatic N) is 2. The molecule has 1 amide bonds. The second-order valence-corrected chi connectivity index (χ2v) is 6.62. The molecule has 6 heteroatoms. The predicted molar refractivity (Wildman–Crippen MR) is 105 cm³/mol. The SMILES string of the molecule is COCCOc1cccc(C(=O)NCc2ccc(N3CCCCC3)nc2)c1. The van der Waals surface area contributed by atoms with Gasteiger partial charge in [0, 0.05) is 38.5 Å². The van der Waals surface area contributed by atoms with Gasteiger partial charge in [0.2, 0.25) is 0 Å². The molecule has 0 atom stereocenters. The van der Waals surface area contributed by atoms with Crippen LogP contribution in [-0.4, -0.2) is 44.3 Å². The van der Waals surface area contributed by atoms with E-state index in [9.17, 15) is 4.79 Å². The number of carbonyl (C=O) groups is 1. The van der Waals surface area contributed by atoms with Crippen LogP contribution in [0.15, 0.2) is 42.6 Å². The van der Waals surface area contributed by atoms with Crippen molar-refractivity contribution in [3.63, 3.8) is 0 Å². The molecule has 144 valence electrons. The van der Waals surface area contributed by atoms with Crippen molar-refractivity contribution in [1.29, 1.82) is 0 Å². The van der Waals surface area contributed by atoms with Gasteiger partial charge in [0.05, 0.1) is 6.61 Å². The molecule has 0 unspecified atom stereocenters. The Morgan fingerprint density at radius 1 is 1.15 bits per heavy atom. The summed E-state index contributed by atoms with van der Waals surface area (Å²) in [4.78, 5) is 19.3. The number of hydrogen-bond acceptors (Lipinski definition) is 5. The van der Waals surface area contributed by atoms with Crippen LogP contribution in [0.1, 0.15) is 35.2 Å². The second-order valence-electron chi connectivity index (χ2n) is 6.62. The van der Waals surface area contributed by atoms with Crippen LogP contribution in [0.4, 0.5) is 5.82 Å². The highest BCUT2D eigenvalue weighted by Gasteiger charge is 2.12. The lowest BCUT2D eigenvalue weighted by Crippen LogP contribution is -2.30. The first-order valence-electron chi connectivity index (χ1n) is 9.46. The van der Waals surface area contributed by atoms with Crippen LogP contribution in [0.3, 0.4) is 0 Å². The average molecular weight is 369 g/mol. The van der Waals surface area contributed by atoms with Crippen molar-refractivity contribution < 1.29 is 14.3 Å². The molecule has 0 saturated carbocycles. The first-order chi connectivity index (χ1) is 13.3. The Hall–Kier alpha value is -2.60. The number of anilines is 1. The summed E-state index contributed by atoms with van der Waals surface area (Å²) < 4.78 is 10.5. The van der Waals surface area contributed by atoms with Crippen molar-refractivity contribution in [2.45, 2.75) is 25.8 Å². The minimum Gasteiger partial charge on any atom is -0.491 e. The number of methoxy groups -OCH3 is 1. The van der Waals surface area contributed by atoms with Crippen molar-refractivity contribution in [3.05, 3.63) is 53.7 Å². The molecule has 3 rings (SSSR count). The quantitative estimate of drug-likeness (QED) is 0.725. The summed E-state index contributed by atoms with van der Waals surface area (Å²) in [6, 6.07) is 11.2. The number of carbonyl (C=O) groups excluding carboxylic acids is 1. The number of pyridine rings is 1. The van der Waals surface area contributed by atoms with Crippen LogP contribution in [-0.2, 0) is 11.3 Å². The van der Waals surface area contributed by atoms with Crippen molar-refractivity contribution in [1.82, 2.24) is 10.3 Å². The smallest absolute Gasteiger partial charge is 0.251 e. The summed E-state index contributed by atoms with van der Waals surface area (Å²) in [5.41, 5.74) is 1.56. The van der Waals surface area contributed by atoms with Gasteiger partial charge in [-0.3, -0.25) is 4.79 Å². The van der Waals surface area contributed by atoms with E-state index < -0.39 is 0 Å². The van der Waals surface area contributed by atoms with Crippen molar-refractivity contribution >= 4 is 11.7 Å². The number of rotatable bonds is 8. The van der Waals surface area contributed by atoms with Crippen LogP contribution in [0.2, 0.25) is 0 Å². The molecule has 27 heavy (non-hydrogen) atoms. The molecular formula is C21H27N3O3. The lowest BCUT2D eigenvalue weighted by molar-refractivity contribution is 0.0950. The van der Waals surface area contributed by atoms with Crippen LogP contribution < -0.4 is 15.0 Å². The van der Waals surface area contributed by atoms with Gasteiger partial charge in [-0.15, -0.1) is 0 Å². The molecule has 6 nitrogen and oxygen atoms in total. The molecule has 1 aliphatic rings. The largest absolute Gasteiger partial charge is 0.491 e. The molecule has 1 N–H and O–H groups in total. The highest BCUT2D eigenvalue weighted by Crippen LogP contribution is 2.18. The fraction of sp³-hybridized carbons (Fsp3) is 0.429. The third-order valence-electron chi connectivity index (χ3n) is 4.59. The zero-order valence-corrected chi connectivity index (χ0v) is 15.8. The highest BCUT2D eigenvalue weighted by molar-refractivity contribution is 5.94. The maximum Gasteiger partial charge on any atom is 0.251 e. The summed E-state index contributed by atoms with van der Waals surface area (Å²) in [6.07, 6.45) is 5.61. The number of hydrogen-bond donors (Lipinski definition) is 1. The van der Waals surface area contributed by atoms with E-state index >= 15 is 0 Å². The van der Waals surface area contributed by atoms with E-state index in [1.807, 2.05) is 30.5 Å². The zero-order chi connectivity index (χ0) is 18.9. The third-order valence-corrected chi connectivity index (χ3v) is 4.59. The number of benzene rings is 1. The Bertz CT molecular complexity index is 728. The maximum atomic E-state index is 12.4. The molecule has 2 heterocycles. The van der Waals surface area contributed by atoms with E-state index in [0.717, 1.165) is 24.5 Å². The van der Waals surface area contributed by atoms with Gasteiger partial charge in [-0.1, -0.05) is 12.1 Å². The summed E-state index contributed by atoms with van der Waals surface area (Å²) in [5, 5.41) is 2.94. The molecule has 1 aromatic carbocycles. The number of nitrogens with one attached hydrogen (secondary N) is 1. The van der Waals surface area contributed by atoms with E-state index in [-0.39, 0.29) is 5.91 Å². The van der Waals surface area contributed by atoms with Gasteiger partial charge in [-0.2, -0.15) is 0 Å². The van der Waals surface area contributed by atoms with E-state index in [0.29, 0.717) is 31.1 Å². The first kappa shape index (κ1) is 19.2. The summed E-state index contributed by atoms with van der Waals surface area (Å²) >= 11 is 0. The second kappa shape index (κ2) is 9.92. The van der Waals surface area contributed by atoms with Gasteiger partial charge in [0.15, 0.2) is 0 Å². The third kappa shape index (κ3) is 5.69. The molecule has 0 aliphatic carbocycles. The molecule has 1 fully saturated rings. The van der Waals surface area contributed by atoms with Gasteiger partial charge in [-0.05, 0) is 49.1 Å². The van der Waals surface area contributed by atoms with Crippen molar-refractivity contribution in [3.8, 4) is 5.75 Å². The number of piperidine rings is 1. The van der Waals surface area contributed by atoms with Gasteiger partial charge < -0.3 is 19.7 Å². The zero-order valence-electron chi connectivity index (χ0n) is 15.8. The van der Waals surface area contributed by atoms with Crippen molar-refractivity contribution in [2.24, 2.45) is 0 Å². The van der Waals surface area contributed by atoms with Gasteiger partial charge in [0.1, 0.15) is 18.2 Å². The lowest BCUT2D eigenvalue weighted by atomic mass is 10.1. The highest BCUT2D eigenvalue weighted by atomic mass is 16.5.